The van der Waals surface area contributed by atoms with Crippen LogP contribution >= 0.6 is 0 Å². The molecule has 5 nitrogen and oxygen atoms in total. The Morgan fingerprint density at radius 1 is 0.293 bits per heavy atom. The van der Waals surface area contributed by atoms with Gasteiger partial charge >= 0.3 is 0 Å². The van der Waals surface area contributed by atoms with Crippen LogP contribution in [-0.2, 0) is 0 Å². The first kappa shape index (κ1) is 32.4. The third kappa shape index (κ3) is 5.14. The quantitative estimate of drug-likeness (QED) is 0.176. The molecule has 3 heterocycles. The monoisotopic (exact) mass is 741 g/mol. The van der Waals surface area contributed by atoms with Crippen molar-refractivity contribution >= 4 is 65.4 Å². The zero-order valence-corrected chi connectivity index (χ0v) is 31.1. The third-order valence-electron chi connectivity index (χ3n) is 11.3. The number of furan rings is 2. The second-order valence-corrected chi connectivity index (χ2v) is 14.7. The molecule has 12 rings (SSSR count). The van der Waals surface area contributed by atoms with E-state index in [0.29, 0.717) is 17.5 Å². The van der Waals surface area contributed by atoms with Gasteiger partial charge in [-0.3, -0.25) is 0 Å². The Morgan fingerprint density at radius 3 is 1.67 bits per heavy atom. The first-order valence-corrected chi connectivity index (χ1v) is 19.4. The lowest BCUT2D eigenvalue weighted by Crippen LogP contribution is -2.00. The molecule has 0 aliphatic heterocycles. The summed E-state index contributed by atoms with van der Waals surface area (Å²) in [6.07, 6.45) is 0. The summed E-state index contributed by atoms with van der Waals surface area (Å²) in [7, 11) is 0. The van der Waals surface area contributed by atoms with Crippen LogP contribution in [0.4, 0.5) is 0 Å². The van der Waals surface area contributed by atoms with Crippen molar-refractivity contribution in [2.45, 2.75) is 0 Å². The first-order chi connectivity index (χ1) is 28.7. The first-order valence-electron chi connectivity index (χ1n) is 19.4. The van der Waals surface area contributed by atoms with Gasteiger partial charge in [-0.25, -0.2) is 15.0 Å². The van der Waals surface area contributed by atoms with Crippen LogP contribution < -0.4 is 0 Å². The Bertz CT molecular complexity index is 3570. The zero-order chi connectivity index (χ0) is 38.2. The number of benzene rings is 9. The summed E-state index contributed by atoms with van der Waals surface area (Å²) < 4.78 is 12.9. The molecule has 0 N–H and O–H groups in total. The molecular formula is C53H31N3O2. The van der Waals surface area contributed by atoms with Gasteiger partial charge in [0.1, 0.15) is 22.3 Å². The highest BCUT2D eigenvalue weighted by Crippen LogP contribution is 2.42. The van der Waals surface area contributed by atoms with Gasteiger partial charge in [0.25, 0.3) is 0 Å². The molecule has 0 aliphatic carbocycles. The molecule has 0 saturated carbocycles. The Balaban J connectivity index is 1.06. The highest BCUT2D eigenvalue weighted by molar-refractivity contribution is 6.22. The second kappa shape index (κ2) is 12.8. The van der Waals surface area contributed by atoms with Crippen LogP contribution in [-0.4, -0.2) is 15.0 Å². The van der Waals surface area contributed by atoms with E-state index in [1.165, 1.54) is 0 Å². The van der Waals surface area contributed by atoms with Crippen LogP contribution in [0.2, 0.25) is 0 Å². The van der Waals surface area contributed by atoms with Crippen LogP contribution in [0, 0.1) is 0 Å². The lowest BCUT2D eigenvalue weighted by atomic mass is 9.94. The van der Waals surface area contributed by atoms with Crippen LogP contribution in [0.1, 0.15) is 0 Å². The van der Waals surface area contributed by atoms with E-state index in [4.69, 9.17) is 23.8 Å². The molecule has 0 spiro atoms. The molecule has 58 heavy (non-hydrogen) atoms. The maximum absolute atomic E-state index is 6.66. The lowest BCUT2D eigenvalue weighted by molar-refractivity contribution is 0.669. The van der Waals surface area contributed by atoms with E-state index in [-0.39, 0.29) is 0 Å². The predicted molar refractivity (Wildman–Crippen MR) is 237 cm³/mol. The van der Waals surface area contributed by atoms with Crippen molar-refractivity contribution in [2.75, 3.05) is 0 Å². The van der Waals surface area contributed by atoms with E-state index in [1.54, 1.807) is 0 Å². The fourth-order valence-electron chi connectivity index (χ4n) is 8.59. The number of fused-ring (bicyclic) bond motifs is 9. The van der Waals surface area contributed by atoms with Gasteiger partial charge in [0.05, 0.1) is 5.56 Å². The third-order valence-corrected chi connectivity index (χ3v) is 11.3. The molecule has 12 aromatic rings. The topological polar surface area (TPSA) is 65.0 Å². The molecule has 5 heteroatoms. The van der Waals surface area contributed by atoms with E-state index >= 15 is 0 Å². The number of hydrogen-bond acceptors (Lipinski definition) is 5. The second-order valence-electron chi connectivity index (χ2n) is 14.7. The Kier molecular flexibility index (Phi) is 7.16. The molecule has 9 aromatic carbocycles. The van der Waals surface area contributed by atoms with Gasteiger partial charge in [0, 0.05) is 32.7 Å². The SMILES string of the molecule is c1ccc(-c2ccc(-c3nc(-c4ccc5c(-c6cccc7oc8ccccc8c67)cccc5c4)nc(-c4cc5ccccc5c5c4oc4ccccc45)n3)cc2)cc1. The van der Waals surface area contributed by atoms with Gasteiger partial charge < -0.3 is 8.83 Å². The van der Waals surface area contributed by atoms with Gasteiger partial charge in [-0.2, -0.15) is 0 Å². The van der Waals surface area contributed by atoms with Gasteiger partial charge in [0.15, 0.2) is 17.5 Å². The van der Waals surface area contributed by atoms with Crippen molar-refractivity contribution in [1.29, 1.82) is 0 Å². The van der Waals surface area contributed by atoms with Gasteiger partial charge in [-0.1, -0.05) is 158 Å². The molecular weight excluding hydrogens is 711 g/mol. The maximum Gasteiger partial charge on any atom is 0.167 e. The number of rotatable bonds is 5. The minimum Gasteiger partial charge on any atom is -0.456 e. The molecule has 0 aliphatic rings. The van der Waals surface area contributed by atoms with Crippen molar-refractivity contribution in [2.24, 2.45) is 0 Å². The number of aromatic nitrogens is 3. The average Bonchev–Trinajstić information content (AvgIpc) is 3.88. The Hall–Kier alpha value is -7.89. The van der Waals surface area contributed by atoms with E-state index in [9.17, 15) is 0 Å². The van der Waals surface area contributed by atoms with E-state index < -0.39 is 0 Å². The lowest BCUT2D eigenvalue weighted by Gasteiger charge is -2.12. The van der Waals surface area contributed by atoms with E-state index in [1.807, 2.05) is 36.4 Å². The molecule has 270 valence electrons. The summed E-state index contributed by atoms with van der Waals surface area (Å²) in [5.41, 5.74) is 10.5. The van der Waals surface area contributed by atoms with Crippen molar-refractivity contribution in [3.05, 3.63) is 188 Å². The standard InChI is InChI=1S/C53H31N3O2/c1-2-12-32(13-3-1)33-24-26-34(27-25-33)51-54-52(56-53(55-51)44-31-36-14-4-5-16-39(36)49-43-18-7-9-22-46(43)58-50(44)49)37-28-29-38-35(30-37)15-10-19-40(38)41-20-11-23-47-48(41)42-17-6-8-21-45(42)57-47/h1-31H. The fourth-order valence-corrected chi connectivity index (χ4v) is 8.59. The normalized spacial score (nSPS) is 11.8. The minimum absolute atomic E-state index is 0.550. The van der Waals surface area contributed by atoms with Crippen LogP contribution in [0.3, 0.4) is 0 Å². The zero-order valence-electron chi connectivity index (χ0n) is 31.1. The molecule has 0 saturated heterocycles. The molecule has 0 fully saturated rings. The van der Waals surface area contributed by atoms with E-state index in [2.05, 4.69) is 152 Å². The van der Waals surface area contributed by atoms with Crippen molar-refractivity contribution in [3.8, 4) is 56.4 Å². The summed E-state index contributed by atoms with van der Waals surface area (Å²) >= 11 is 0. The van der Waals surface area contributed by atoms with Crippen molar-refractivity contribution in [1.82, 2.24) is 15.0 Å². The van der Waals surface area contributed by atoms with Crippen LogP contribution in [0.25, 0.3) is 122 Å². The minimum atomic E-state index is 0.550. The number of para-hydroxylation sites is 2. The summed E-state index contributed by atoms with van der Waals surface area (Å²) in [6.45, 7) is 0. The smallest absolute Gasteiger partial charge is 0.167 e. The molecule has 0 unspecified atom stereocenters. The van der Waals surface area contributed by atoms with Gasteiger partial charge in [0.2, 0.25) is 0 Å². The van der Waals surface area contributed by atoms with Crippen molar-refractivity contribution in [3.63, 3.8) is 0 Å². The Labute approximate surface area is 332 Å². The fraction of sp³-hybridized carbons (Fsp3) is 0. The summed E-state index contributed by atoms with van der Waals surface area (Å²) in [4.78, 5) is 15.6. The average molecular weight is 742 g/mol. The maximum atomic E-state index is 6.66. The van der Waals surface area contributed by atoms with Gasteiger partial charge in [-0.15, -0.1) is 0 Å². The summed E-state index contributed by atoms with van der Waals surface area (Å²) in [6, 6.07) is 65.1. The van der Waals surface area contributed by atoms with Crippen LogP contribution in [0.5, 0.6) is 0 Å². The highest BCUT2D eigenvalue weighted by atomic mass is 16.3. The number of hydrogen-bond donors (Lipinski definition) is 0. The molecule has 0 radical (unpaired) electrons. The highest BCUT2D eigenvalue weighted by Gasteiger charge is 2.21. The molecule has 0 atom stereocenters. The molecule has 0 amide bonds. The van der Waals surface area contributed by atoms with Crippen molar-refractivity contribution < 1.29 is 8.83 Å². The Morgan fingerprint density at radius 2 is 0.845 bits per heavy atom. The summed E-state index contributed by atoms with van der Waals surface area (Å²) in [5.74, 6) is 1.72. The summed E-state index contributed by atoms with van der Waals surface area (Å²) in [5, 5.41) is 8.77. The number of nitrogens with zero attached hydrogens (tertiary/aromatic N) is 3. The predicted octanol–water partition coefficient (Wildman–Crippen LogP) is 14.3. The van der Waals surface area contributed by atoms with Crippen LogP contribution in [0.15, 0.2) is 197 Å². The van der Waals surface area contributed by atoms with Gasteiger partial charge in [-0.05, 0) is 74.1 Å². The molecule has 0 bridgehead atoms. The largest absolute Gasteiger partial charge is 0.456 e. The van der Waals surface area contributed by atoms with E-state index in [0.717, 1.165) is 104 Å². The molecule has 3 aromatic heterocycles.